The maximum absolute atomic E-state index is 13.9. The number of phosphoric ester groups is 1. The van der Waals surface area contributed by atoms with Gasteiger partial charge in [0.05, 0.1) is 6.61 Å². The Balaban J connectivity index is 2.32. The number of nitrogens with zero attached hydrogens (tertiary/aromatic N) is 2. The normalized spacial score (nSPS) is 31.8. The Morgan fingerprint density at radius 2 is 1.76 bits per heavy atom. The van der Waals surface area contributed by atoms with E-state index in [1.165, 1.54) is 0 Å². The van der Waals surface area contributed by atoms with Crippen LogP contribution < -0.4 is 11.4 Å². The van der Waals surface area contributed by atoms with E-state index in [-0.39, 0.29) is 5.82 Å². The van der Waals surface area contributed by atoms with Gasteiger partial charge < -0.3 is 40.3 Å². The first kappa shape index (κ1) is 28.1. The van der Waals surface area contributed by atoms with Gasteiger partial charge in [-0.05, 0) is 6.07 Å². The smallest absolute Gasteiger partial charge is 0.387 e. The summed E-state index contributed by atoms with van der Waals surface area (Å²) in [5, 5.41) is 20.9. The summed E-state index contributed by atoms with van der Waals surface area (Å²) in [6, 6.07) is 1.01. The predicted molar refractivity (Wildman–Crippen MR) is 98.5 cm³/mol. The Hall–Kier alpha value is -1.17. The van der Waals surface area contributed by atoms with Crippen LogP contribution in [0.3, 0.4) is 0 Å². The molecule has 1 saturated heterocycles. The lowest BCUT2D eigenvalue weighted by Crippen LogP contribution is -2.55. The second kappa shape index (κ2) is 9.47. The number of nitrogen functional groups attached to an aromatic ring is 1. The summed E-state index contributed by atoms with van der Waals surface area (Å²) in [7, 11) is -17.4. The van der Waals surface area contributed by atoms with Gasteiger partial charge >= 0.3 is 29.2 Å². The third-order valence-corrected chi connectivity index (χ3v) is 7.96. The van der Waals surface area contributed by atoms with Gasteiger partial charge in [0.15, 0.2) is 17.4 Å². The van der Waals surface area contributed by atoms with Gasteiger partial charge in [0.1, 0.15) is 25.3 Å². The van der Waals surface area contributed by atoms with Crippen molar-refractivity contribution in [2.75, 3.05) is 25.7 Å². The van der Waals surface area contributed by atoms with E-state index in [4.69, 9.17) is 25.2 Å². The lowest BCUT2D eigenvalue weighted by molar-refractivity contribution is -0.140. The highest BCUT2D eigenvalue weighted by atomic mass is 31.3. The molecule has 2 rings (SSSR count). The number of nitrogens with two attached hydrogens (primary N) is 1. The number of phosphoric acid groups is 3. The molecule has 22 heteroatoms. The lowest BCUT2D eigenvalue weighted by Gasteiger charge is -2.31. The summed E-state index contributed by atoms with van der Waals surface area (Å²) in [5.41, 5.74) is -1.81. The molecule has 0 amide bonds. The molecule has 1 aromatic heterocycles. The molecular formula is C11H18F2N3O14P3. The molecule has 0 radical (unpaired) electrons. The Bertz CT molecular complexity index is 1080. The molecule has 17 nitrogen and oxygen atoms in total. The second-order valence-electron chi connectivity index (χ2n) is 6.60. The maximum atomic E-state index is 13.9. The minimum Gasteiger partial charge on any atom is -0.387 e. The molecule has 8 N–H and O–H groups in total. The van der Waals surface area contributed by atoms with Crippen LogP contribution in [0.2, 0.25) is 0 Å². The van der Waals surface area contributed by atoms with Crippen LogP contribution in [0.15, 0.2) is 17.1 Å². The van der Waals surface area contributed by atoms with Crippen LogP contribution in [0.1, 0.15) is 6.23 Å². The van der Waals surface area contributed by atoms with Gasteiger partial charge in [-0.3, -0.25) is 9.09 Å². The lowest BCUT2D eigenvalue weighted by atomic mass is 9.88. The van der Waals surface area contributed by atoms with Gasteiger partial charge in [-0.1, -0.05) is 0 Å². The van der Waals surface area contributed by atoms with Crippen molar-refractivity contribution in [1.82, 2.24) is 9.55 Å². The quantitative estimate of drug-likeness (QED) is 0.164. The minimum atomic E-state index is -5.92. The molecule has 0 bridgehead atoms. The van der Waals surface area contributed by atoms with Crippen LogP contribution in [0, 0.1) is 0 Å². The topological polar surface area (TPSA) is 270 Å². The SMILES string of the molecule is Nc1ccn([C@@H]2O[C@](CF)(COP(=O)(O)OP(=O)(O)OP(=O)(O)O)[C@@H](O)[C@]2(O)CF)c(=O)n1. The molecule has 1 fully saturated rings. The Morgan fingerprint density at radius 3 is 2.24 bits per heavy atom. The largest absolute Gasteiger partial charge is 0.490 e. The summed E-state index contributed by atoms with van der Waals surface area (Å²) in [6.07, 6.45) is -3.89. The van der Waals surface area contributed by atoms with Gasteiger partial charge in [-0.2, -0.15) is 13.6 Å². The number of ether oxygens (including phenoxy) is 1. The highest BCUT2D eigenvalue weighted by molar-refractivity contribution is 7.66. The fourth-order valence-corrected chi connectivity index (χ4v) is 5.85. The van der Waals surface area contributed by atoms with Gasteiger partial charge in [0, 0.05) is 6.20 Å². The average Bonchev–Trinajstić information content (AvgIpc) is 2.86. The molecule has 0 spiro atoms. The zero-order valence-electron chi connectivity index (χ0n) is 15.9. The van der Waals surface area contributed by atoms with Crippen LogP contribution in [-0.2, 0) is 31.6 Å². The van der Waals surface area contributed by atoms with Crippen LogP contribution in [0.25, 0.3) is 0 Å². The van der Waals surface area contributed by atoms with Gasteiger partial charge in [-0.25, -0.2) is 27.3 Å². The average molecular weight is 547 g/mol. The van der Waals surface area contributed by atoms with Crippen molar-refractivity contribution in [2.24, 2.45) is 0 Å². The van der Waals surface area contributed by atoms with E-state index in [1.807, 2.05) is 0 Å². The van der Waals surface area contributed by atoms with Gasteiger partial charge in [-0.15, -0.1) is 0 Å². The number of alkyl halides is 2. The summed E-state index contributed by atoms with van der Waals surface area (Å²) in [6.45, 7) is -5.27. The molecule has 6 atom stereocenters. The highest BCUT2D eigenvalue weighted by Gasteiger charge is 2.65. The number of hydrogen-bond acceptors (Lipinski definition) is 12. The van der Waals surface area contributed by atoms with Crippen molar-refractivity contribution in [3.05, 3.63) is 22.7 Å². The first-order valence-electron chi connectivity index (χ1n) is 8.23. The molecule has 1 aliphatic rings. The zero-order chi connectivity index (χ0) is 25.5. The summed E-state index contributed by atoms with van der Waals surface area (Å²) in [4.78, 5) is 50.9. The zero-order valence-corrected chi connectivity index (χ0v) is 18.6. The van der Waals surface area contributed by atoms with E-state index < -0.39 is 72.6 Å². The van der Waals surface area contributed by atoms with Crippen molar-refractivity contribution in [3.63, 3.8) is 0 Å². The summed E-state index contributed by atoms with van der Waals surface area (Å²) >= 11 is 0. The van der Waals surface area contributed by atoms with Crippen molar-refractivity contribution in [2.45, 2.75) is 23.5 Å². The van der Waals surface area contributed by atoms with Gasteiger partial charge in [0.2, 0.25) is 0 Å². The van der Waals surface area contributed by atoms with E-state index in [1.54, 1.807) is 0 Å². The molecule has 0 saturated carbocycles. The molecule has 33 heavy (non-hydrogen) atoms. The number of rotatable bonds is 10. The number of aliphatic hydroxyl groups is 2. The standard InChI is InChI=1S/C11H18F2N3O14P3/c12-3-10(5-27-32(23,24)30-33(25,26)29-31(20,21)22)7(17)11(19,4-13)8(28-10)16-2-1-6(14)15-9(16)18/h1-2,7-8,17,19H,3-5H2,(H,23,24)(H,25,26)(H2,14,15,18)(H2,20,21,22)/t7-,8-,10-,11-/m1/s1. The van der Waals surface area contributed by atoms with Crippen LogP contribution in [0.4, 0.5) is 14.6 Å². The molecule has 190 valence electrons. The molecule has 2 unspecified atom stereocenters. The fraction of sp³-hybridized carbons (Fsp3) is 0.636. The molecule has 0 aliphatic carbocycles. The van der Waals surface area contributed by atoms with E-state index in [0.717, 1.165) is 12.3 Å². The van der Waals surface area contributed by atoms with Crippen molar-refractivity contribution in [1.29, 1.82) is 0 Å². The van der Waals surface area contributed by atoms with Crippen molar-refractivity contribution < 1.29 is 70.1 Å². The predicted octanol–water partition coefficient (Wildman–Crippen LogP) is -1.53. The van der Waals surface area contributed by atoms with E-state index >= 15 is 0 Å². The first-order chi connectivity index (χ1) is 14.9. The first-order valence-corrected chi connectivity index (χ1v) is 12.8. The Morgan fingerprint density at radius 1 is 1.15 bits per heavy atom. The number of aromatic nitrogens is 2. The third-order valence-electron chi connectivity index (χ3n) is 4.18. The van der Waals surface area contributed by atoms with Gasteiger partial charge in [0.25, 0.3) is 0 Å². The van der Waals surface area contributed by atoms with Crippen molar-refractivity contribution >= 4 is 29.3 Å². The number of halogens is 2. The number of hydrogen-bond donors (Lipinski definition) is 7. The fourth-order valence-electron chi connectivity index (χ4n) is 2.77. The molecule has 2 heterocycles. The van der Waals surface area contributed by atoms with E-state index in [2.05, 4.69) is 18.1 Å². The summed E-state index contributed by atoms with van der Waals surface area (Å²) < 4.78 is 78.2. The number of aliphatic hydroxyl groups excluding tert-OH is 1. The van der Waals surface area contributed by atoms with Crippen LogP contribution >= 0.6 is 23.5 Å². The third kappa shape index (κ3) is 6.29. The highest BCUT2D eigenvalue weighted by Crippen LogP contribution is 2.66. The molecule has 1 aromatic rings. The second-order valence-corrected chi connectivity index (χ2v) is 11.0. The Kier molecular flexibility index (Phi) is 8.05. The summed E-state index contributed by atoms with van der Waals surface area (Å²) in [5.74, 6) is -0.289. The van der Waals surface area contributed by atoms with E-state index in [9.17, 15) is 42.4 Å². The number of anilines is 1. The van der Waals surface area contributed by atoms with Crippen LogP contribution in [0.5, 0.6) is 0 Å². The molecule has 0 aromatic carbocycles. The maximum Gasteiger partial charge on any atom is 0.490 e. The molecule has 1 aliphatic heterocycles. The minimum absolute atomic E-state index is 0.289. The Labute approximate surface area is 181 Å². The van der Waals surface area contributed by atoms with E-state index in [0.29, 0.717) is 4.57 Å². The monoisotopic (exact) mass is 547 g/mol. The van der Waals surface area contributed by atoms with Crippen LogP contribution in [-0.4, -0.2) is 76.6 Å². The van der Waals surface area contributed by atoms with Crippen molar-refractivity contribution in [3.8, 4) is 0 Å². The molecular weight excluding hydrogens is 529 g/mol.